The molecule has 0 aromatic carbocycles. The van der Waals surface area contributed by atoms with Crippen LogP contribution in [0.2, 0.25) is 0 Å². The molecule has 0 aromatic heterocycles. The van der Waals surface area contributed by atoms with E-state index in [-0.39, 0.29) is 10.6 Å². The summed E-state index contributed by atoms with van der Waals surface area (Å²) in [6.45, 7) is 1.85. The average molecular weight is 230 g/mol. The van der Waals surface area contributed by atoms with E-state index >= 15 is 0 Å². The Hall–Kier alpha value is 0.630. The molecule has 0 N–H and O–H groups in total. The smallest absolute Gasteiger partial charge is 0.201 e. The lowest BCUT2D eigenvalue weighted by molar-refractivity contribution is -0.112. The summed E-state index contributed by atoms with van der Waals surface area (Å²) in [5.74, 6) is 0.0972. The third kappa shape index (κ3) is 3.23. The second-order valence-electron chi connectivity index (χ2n) is 1.36. The molecular weight excluding hydrogens is 224 g/mol. The van der Waals surface area contributed by atoms with Crippen LogP contribution in [0.4, 0.5) is 0 Å². The second kappa shape index (κ2) is 3.61. The SMILES string of the molecule is CC(CBr)C(=O)Br. The van der Waals surface area contributed by atoms with Gasteiger partial charge in [-0.3, -0.25) is 4.79 Å². The van der Waals surface area contributed by atoms with Crippen molar-refractivity contribution in [2.45, 2.75) is 6.92 Å². The van der Waals surface area contributed by atoms with Crippen molar-refractivity contribution in [3.05, 3.63) is 0 Å². The molecule has 0 saturated heterocycles. The molecule has 0 aliphatic heterocycles. The van der Waals surface area contributed by atoms with Crippen LogP contribution in [0.15, 0.2) is 0 Å². The fraction of sp³-hybridized carbons (Fsp3) is 0.750. The standard InChI is InChI=1S/C4H6Br2O/c1-3(2-5)4(6)7/h3H,2H2,1H3. The first-order chi connectivity index (χ1) is 3.18. The van der Waals surface area contributed by atoms with Crippen LogP contribution in [0, 0.1) is 5.92 Å². The number of carbonyl (C=O) groups excluding carboxylic acids is 1. The largest absolute Gasteiger partial charge is 0.286 e. The summed E-state index contributed by atoms with van der Waals surface area (Å²) in [6.07, 6.45) is 0. The maximum Gasteiger partial charge on any atom is 0.201 e. The van der Waals surface area contributed by atoms with Gasteiger partial charge in [0.15, 0.2) is 0 Å². The van der Waals surface area contributed by atoms with Gasteiger partial charge in [0.1, 0.15) is 0 Å². The van der Waals surface area contributed by atoms with Crippen molar-refractivity contribution in [3.63, 3.8) is 0 Å². The minimum atomic E-state index is 0.0596. The summed E-state index contributed by atoms with van der Waals surface area (Å²) in [4.78, 5) is 10.3. The summed E-state index contributed by atoms with van der Waals surface area (Å²) in [7, 11) is 0. The maximum absolute atomic E-state index is 10.3. The Morgan fingerprint density at radius 1 is 1.86 bits per heavy atom. The zero-order valence-electron chi connectivity index (χ0n) is 3.95. The summed E-state index contributed by atoms with van der Waals surface area (Å²) >= 11 is 6.00. The van der Waals surface area contributed by atoms with Crippen molar-refractivity contribution in [2.75, 3.05) is 5.33 Å². The Morgan fingerprint density at radius 2 is 2.29 bits per heavy atom. The zero-order chi connectivity index (χ0) is 5.86. The van der Waals surface area contributed by atoms with Crippen LogP contribution in [-0.4, -0.2) is 10.0 Å². The van der Waals surface area contributed by atoms with E-state index in [9.17, 15) is 4.79 Å². The molecule has 0 radical (unpaired) electrons. The number of rotatable bonds is 2. The Bertz CT molecular complexity index is 72.1. The maximum atomic E-state index is 10.3. The van der Waals surface area contributed by atoms with Crippen molar-refractivity contribution in [2.24, 2.45) is 5.92 Å². The van der Waals surface area contributed by atoms with E-state index in [2.05, 4.69) is 31.9 Å². The Labute approximate surface area is 59.7 Å². The summed E-state index contributed by atoms with van der Waals surface area (Å²) in [5, 5.41) is 0.733. The van der Waals surface area contributed by atoms with Gasteiger partial charge >= 0.3 is 0 Å². The Balaban J connectivity index is 3.34. The molecule has 0 aliphatic carbocycles. The molecule has 0 aromatic rings. The first kappa shape index (κ1) is 7.63. The number of carbonyl (C=O) groups is 1. The number of hydrogen-bond acceptors (Lipinski definition) is 1. The van der Waals surface area contributed by atoms with Crippen molar-refractivity contribution in [3.8, 4) is 0 Å². The highest BCUT2D eigenvalue weighted by atomic mass is 79.9. The van der Waals surface area contributed by atoms with Gasteiger partial charge in [0.2, 0.25) is 4.69 Å². The van der Waals surface area contributed by atoms with Crippen molar-refractivity contribution in [1.82, 2.24) is 0 Å². The molecule has 0 saturated carbocycles. The molecule has 0 aliphatic rings. The molecule has 0 fully saturated rings. The van der Waals surface area contributed by atoms with Gasteiger partial charge < -0.3 is 0 Å². The highest BCUT2D eigenvalue weighted by Gasteiger charge is 2.04. The van der Waals surface area contributed by atoms with Crippen LogP contribution in [-0.2, 0) is 4.79 Å². The highest BCUT2D eigenvalue weighted by Crippen LogP contribution is 2.04. The quantitative estimate of drug-likeness (QED) is 0.523. The van der Waals surface area contributed by atoms with E-state index in [0.717, 1.165) is 5.33 Å². The van der Waals surface area contributed by atoms with Gasteiger partial charge in [0.25, 0.3) is 0 Å². The lowest BCUT2D eigenvalue weighted by atomic mass is 10.3. The molecule has 0 rings (SSSR count). The number of hydrogen-bond donors (Lipinski definition) is 0. The molecule has 0 heterocycles. The molecular formula is C4H6Br2O. The van der Waals surface area contributed by atoms with Gasteiger partial charge in [-0.15, -0.1) is 0 Å². The molecule has 1 unspecified atom stereocenters. The van der Waals surface area contributed by atoms with Gasteiger partial charge in [-0.1, -0.05) is 22.9 Å². The minimum absolute atomic E-state index is 0.0596. The van der Waals surface area contributed by atoms with Crippen molar-refractivity contribution in [1.29, 1.82) is 0 Å². The monoisotopic (exact) mass is 228 g/mol. The van der Waals surface area contributed by atoms with Gasteiger partial charge in [0, 0.05) is 11.2 Å². The molecule has 3 heteroatoms. The van der Waals surface area contributed by atoms with Crippen LogP contribution >= 0.6 is 31.9 Å². The van der Waals surface area contributed by atoms with E-state index in [1.54, 1.807) is 0 Å². The first-order valence-corrected chi connectivity index (χ1v) is 3.85. The van der Waals surface area contributed by atoms with Gasteiger partial charge in [-0.2, -0.15) is 0 Å². The van der Waals surface area contributed by atoms with Gasteiger partial charge in [0.05, 0.1) is 0 Å². The van der Waals surface area contributed by atoms with E-state index < -0.39 is 0 Å². The second-order valence-corrected chi connectivity index (χ2v) is 2.79. The number of halogens is 2. The third-order valence-electron chi connectivity index (χ3n) is 0.619. The van der Waals surface area contributed by atoms with Crippen molar-refractivity contribution >= 4 is 36.6 Å². The molecule has 42 valence electrons. The first-order valence-electron chi connectivity index (χ1n) is 1.93. The van der Waals surface area contributed by atoms with E-state index in [1.165, 1.54) is 0 Å². The molecule has 0 amide bonds. The van der Waals surface area contributed by atoms with Crippen LogP contribution in [0.1, 0.15) is 6.92 Å². The molecule has 1 nitrogen and oxygen atoms in total. The molecule has 0 bridgehead atoms. The van der Waals surface area contributed by atoms with E-state index in [4.69, 9.17) is 0 Å². The zero-order valence-corrected chi connectivity index (χ0v) is 7.12. The fourth-order valence-corrected chi connectivity index (χ4v) is 0.951. The minimum Gasteiger partial charge on any atom is -0.286 e. The Morgan fingerprint density at radius 3 is 2.29 bits per heavy atom. The summed E-state index contributed by atoms with van der Waals surface area (Å²) in [6, 6.07) is 0. The van der Waals surface area contributed by atoms with Crippen LogP contribution < -0.4 is 0 Å². The Kier molecular flexibility index (Phi) is 3.93. The van der Waals surface area contributed by atoms with Crippen LogP contribution in [0.3, 0.4) is 0 Å². The topological polar surface area (TPSA) is 17.1 Å². The van der Waals surface area contributed by atoms with Crippen LogP contribution in [0.25, 0.3) is 0 Å². The number of alkyl halides is 1. The molecule has 7 heavy (non-hydrogen) atoms. The molecule has 0 spiro atoms. The molecule has 1 atom stereocenters. The van der Waals surface area contributed by atoms with Crippen LogP contribution in [0.5, 0.6) is 0 Å². The van der Waals surface area contributed by atoms with Crippen molar-refractivity contribution < 1.29 is 4.79 Å². The summed E-state index contributed by atoms with van der Waals surface area (Å²) in [5.41, 5.74) is 0. The average Bonchev–Trinajstić information content (AvgIpc) is 1.65. The van der Waals surface area contributed by atoms with Gasteiger partial charge in [-0.25, -0.2) is 0 Å². The lowest BCUT2D eigenvalue weighted by Gasteiger charge is -1.95. The van der Waals surface area contributed by atoms with Gasteiger partial charge in [-0.05, 0) is 15.9 Å². The van der Waals surface area contributed by atoms with E-state index in [0.29, 0.717) is 0 Å². The third-order valence-corrected chi connectivity index (χ3v) is 2.37. The van der Waals surface area contributed by atoms with E-state index in [1.807, 2.05) is 6.92 Å². The predicted molar refractivity (Wildman–Crippen MR) is 36.9 cm³/mol. The lowest BCUT2D eigenvalue weighted by Crippen LogP contribution is -2.02. The normalized spacial score (nSPS) is 13.6. The predicted octanol–water partition coefficient (Wildman–Crippen LogP) is 1.94. The highest BCUT2D eigenvalue weighted by molar-refractivity contribution is 9.18. The summed E-state index contributed by atoms with van der Waals surface area (Å²) < 4.78 is 0.0596. The fourth-order valence-electron chi connectivity index (χ4n) is 0.0607.